The molecule has 0 heterocycles. The van der Waals surface area contributed by atoms with Crippen molar-refractivity contribution in [2.24, 2.45) is 0 Å². The Balaban J connectivity index is 2.95. The quantitative estimate of drug-likeness (QED) is 0.679. The zero-order chi connectivity index (χ0) is 12.3. The highest BCUT2D eigenvalue weighted by atomic mass is 79.9. The third-order valence-electron chi connectivity index (χ3n) is 1.85. The summed E-state index contributed by atoms with van der Waals surface area (Å²) in [5.41, 5.74) is 0.652. The van der Waals surface area contributed by atoms with Crippen molar-refractivity contribution in [2.45, 2.75) is 23.3 Å². The van der Waals surface area contributed by atoms with Crippen LogP contribution in [0.25, 0.3) is 0 Å². The Morgan fingerprint density at radius 3 is 2.56 bits per heavy atom. The Morgan fingerprint density at radius 2 is 2.12 bits per heavy atom. The van der Waals surface area contributed by atoms with Gasteiger partial charge in [-0.15, -0.1) is 12.6 Å². The number of hydrogen-bond donors (Lipinski definition) is 1. The molecule has 1 aromatic rings. The fourth-order valence-electron chi connectivity index (χ4n) is 1.12. The first kappa shape index (κ1) is 13.4. The van der Waals surface area contributed by atoms with Crippen molar-refractivity contribution in [2.75, 3.05) is 0 Å². The molecule has 1 aromatic carbocycles. The Labute approximate surface area is 106 Å². The predicted molar refractivity (Wildman–Crippen MR) is 62.7 cm³/mol. The van der Waals surface area contributed by atoms with Gasteiger partial charge < -0.3 is 4.74 Å². The number of halogens is 3. The lowest BCUT2D eigenvalue weighted by atomic mass is 10.1. The van der Waals surface area contributed by atoms with E-state index in [-0.39, 0.29) is 16.4 Å². The number of carbonyl (C=O) groups excluding carboxylic acids is 1. The van der Waals surface area contributed by atoms with E-state index >= 15 is 0 Å². The second-order valence-electron chi connectivity index (χ2n) is 3.08. The van der Waals surface area contributed by atoms with E-state index in [9.17, 15) is 13.6 Å². The molecule has 0 aliphatic heterocycles. The second-order valence-corrected chi connectivity index (χ2v) is 4.48. The lowest BCUT2D eigenvalue weighted by Gasteiger charge is -2.11. The Morgan fingerprint density at radius 1 is 1.50 bits per heavy atom. The van der Waals surface area contributed by atoms with Gasteiger partial charge in [-0.05, 0) is 24.6 Å². The molecule has 0 N–H and O–H groups in total. The molecule has 1 atom stereocenters. The average Bonchev–Trinajstić information content (AvgIpc) is 2.19. The van der Waals surface area contributed by atoms with Crippen molar-refractivity contribution in [1.29, 1.82) is 0 Å². The van der Waals surface area contributed by atoms with Crippen LogP contribution in [0, 0.1) is 0 Å². The van der Waals surface area contributed by atoms with Crippen molar-refractivity contribution in [3.63, 3.8) is 0 Å². The molecule has 0 bridgehead atoms. The highest BCUT2D eigenvalue weighted by Gasteiger charge is 2.15. The van der Waals surface area contributed by atoms with Crippen LogP contribution in [0.15, 0.2) is 23.1 Å². The van der Waals surface area contributed by atoms with E-state index in [1.807, 2.05) is 0 Å². The minimum absolute atomic E-state index is 0.00895. The fraction of sp³-hybridized carbons (Fsp3) is 0.300. The maximum atomic E-state index is 12.0. The number of Topliss-reactive ketones (excluding diaryl/α,β-unsaturated/α-hetero) is 1. The van der Waals surface area contributed by atoms with Crippen LogP contribution < -0.4 is 4.74 Å². The van der Waals surface area contributed by atoms with Crippen LogP contribution in [0.1, 0.15) is 17.3 Å². The summed E-state index contributed by atoms with van der Waals surface area (Å²) in [5.74, 6) is -0.0828. The molecule has 0 aliphatic carbocycles. The van der Waals surface area contributed by atoms with Gasteiger partial charge in [0.25, 0.3) is 0 Å². The summed E-state index contributed by atoms with van der Waals surface area (Å²) in [6.07, 6.45) is 0. The highest BCUT2D eigenvalue weighted by Crippen LogP contribution is 2.31. The molecule has 0 saturated heterocycles. The summed E-state index contributed by atoms with van der Waals surface area (Å²) < 4.78 is 28.2. The third kappa shape index (κ3) is 3.45. The normalized spacial score (nSPS) is 12.6. The monoisotopic (exact) mass is 310 g/mol. The Bertz CT molecular complexity index is 398. The smallest absolute Gasteiger partial charge is 0.387 e. The van der Waals surface area contributed by atoms with Gasteiger partial charge >= 0.3 is 6.61 Å². The number of benzene rings is 1. The largest absolute Gasteiger partial charge is 0.434 e. The van der Waals surface area contributed by atoms with Crippen LogP contribution in [0.2, 0.25) is 0 Å². The fourth-order valence-corrected chi connectivity index (χ4v) is 1.68. The van der Waals surface area contributed by atoms with E-state index in [0.717, 1.165) is 0 Å². The minimum Gasteiger partial charge on any atom is -0.434 e. The first-order valence-electron chi connectivity index (χ1n) is 4.34. The van der Waals surface area contributed by atoms with Crippen molar-refractivity contribution in [3.05, 3.63) is 23.8 Å². The van der Waals surface area contributed by atoms with Gasteiger partial charge in [-0.2, -0.15) is 8.78 Å². The van der Waals surface area contributed by atoms with Crippen LogP contribution in [0.5, 0.6) is 5.75 Å². The molecule has 0 aliphatic rings. The molecule has 6 heteroatoms. The molecule has 1 rings (SSSR count). The highest BCUT2D eigenvalue weighted by molar-refractivity contribution is 9.09. The van der Waals surface area contributed by atoms with Crippen molar-refractivity contribution < 1.29 is 18.3 Å². The van der Waals surface area contributed by atoms with Crippen LogP contribution >= 0.6 is 28.6 Å². The van der Waals surface area contributed by atoms with Crippen molar-refractivity contribution in [1.82, 2.24) is 0 Å². The lowest BCUT2D eigenvalue weighted by Crippen LogP contribution is -2.04. The molecule has 0 aromatic heterocycles. The molecular weight excluding hydrogens is 302 g/mol. The molecule has 0 saturated carbocycles. The van der Waals surface area contributed by atoms with E-state index in [1.165, 1.54) is 25.1 Å². The Kier molecular flexibility index (Phi) is 4.73. The predicted octanol–water partition coefficient (Wildman–Crippen LogP) is 3.60. The third-order valence-corrected chi connectivity index (χ3v) is 3.37. The van der Waals surface area contributed by atoms with Gasteiger partial charge in [0.1, 0.15) is 11.5 Å². The molecule has 0 amide bonds. The second kappa shape index (κ2) is 5.63. The van der Waals surface area contributed by atoms with Gasteiger partial charge in [-0.3, -0.25) is 4.79 Å². The van der Waals surface area contributed by atoms with E-state index < -0.39 is 11.4 Å². The van der Waals surface area contributed by atoms with E-state index in [1.54, 1.807) is 0 Å². The van der Waals surface area contributed by atoms with Gasteiger partial charge in [0, 0.05) is 4.90 Å². The number of hydrogen-bond acceptors (Lipinski definition) is 3. The van der Waals surface area contributed by atoms with Crippen molar-refractivity contribution in [3.8, 4) is 5.75 Å². The number of alkyl halides is 3. The van der Waals surface area contributed by atoms with E-state index in [4.69, 9.17) is 0 Å². The van der Waals surface area contributed by atoms with Gasteiger partial charge in [0.15, 0.2) is 0 Å². The number of carbonyl (C=O) groups is 1. The lowest BCUT2D eigenvalue weighted by molar-refractivity contribution is -0.116. The maximum absolute atomic E-state index is 12.0. The van der Waals surface area contributed by atoms with Gasteiger partial charge in [-0.1, -0.05) is 22.0 Å². The summed E-state index contributed by atoms with van der Waals surface area (Å²) >= 11 is 7.20. The van der Waals surface area contributed by atoms with Gasteiger partial charge in [0.2, 0.25) is 0 Å². The van der Waals surface area contributed by atoms with Crippen molar-refractivity contribution >= 4 is 34.3 Å². The molecule has 0 radical (unpaired) electrons. The Hall–Kier alpha value is -0.620. The zero-order valence-electron chi connectivity index (χ0n) is 8.28. The summed E-state index contributed by atoms with van der Waals surface area (Å²) in [7, 11) is 0. The van der Waals surface area contributed by atoms with Gasteiger partial charge in [0.05, 0.1) is 4.83 Å². The molecule has 0 spiro atoms. The standard InChI is InChI=1S/C10H9BrF2O2S/c1-5(14)9(11)6-2-3-7(8(16)4-6)15-10(12)13/h2-4,9-10,16H,1H3. The summed E-state index contributed by atoms with van der Waals surface area (Å²) in [6, 6.07) is 4.42. The summed E-state index contributed by atoms with van der Waals surface area (Å²) in [5, 5.41) is 0. The molecule has 0 fully saturated rings. The van der Waals surface area contributed by atoms with Crippen LogP contribution in [0.3, 0.4) is 0 Å². The SMILES string of the molecule is CC(=O)C(Br)c1ccc(OC(F)F)c(S)c1. The first-order valence-corrected chi connectivity index (χ1v) is 5.70. The molecule has 1 unspecified atom stereocenters. The number of thiol groups is 1. The van der Waals surface area contributed by atoms with Crippen LogP contribution in [-0.4, -0.2) is 12.4 Å². The zero-order valence-corrected chi connectivity index (χ0v) is 10.8. The summed E-state index contributed by atoms with van der Waals surface area (Å²) in [4.78, 5) is 10.9. The van der Waals surface area contributed by atoms with Gasteiger partial charge in [-0.25, -0.2) is 0 Å². The number of ketones is 1. The maximum Gasteiger partial charge on any atom is 0.387 e. The van der Waals surface area contributed by atoms with E-state index in [2.05, 4.69) is 33.3 Å². The molecular formula is C10H9BrF2O2S. The minimum atomic E-state index is -2.88. The molecule has 88 valence electrons. The van der Waals surface area contributed by atoms with E-state index in [0.29, 0.717) is 5.56 Å². The number of ether oxygens (including phenoxy) is 1. The van der Waals surface area contributed by atoms with Crippen LogP contribution in [-0.2, 0) is 4.79 Å². The first-order chi connectivity index (χ1) is 7.41. The number of rotatable bonds is 4. The van der Waals surface area contributed by atoms with Crippen LogP contribution in [0.4, 0.5) is 8.78 Å². The molecule has 16 heavy (non-hydrogen) atoms. The topological polar surface area (TPSA) is 26.3 Å². The average molecular weight is 311 g/mol. The molecule has 2 nitrogen and oxygen atoms in total. The summed E-state index contributed by atoms with van der Waals surface area (Å²) in [6.45, 7) is -1.45.